The van der Waals surface area contributed by atoms with Gasteiger partial charge in [0.25, 0.3) is 0 Å². The molecule has 0 spiro atoms. The molecule has 3 aromatic rings. The van der Waals surface area contributed by atoms with Gasteiger partial charge >= 0.3 is 0 Å². The molecule has 1 amide bonds. The number of aromatic nitrogens is 2. The number of nitrogens with zero attached hydrogens (tertiary/aromatic N) is 5. The summed E-state index contributed by atoms with van der Waals surface area (Å²) in [6, 6.07) is 14.9. The fraction of sp³-hybridized carbons (Fsp3) is 0.370. The fourth-order valence-corrected chi connectivity index (χ4v) is 6.26. The first kappa shape index (κ1) is 26.1. The average Bonchev–Trinajstić information content (AvgIpc) is 3.48. The standard InChI is InChI=1S/C27H32N6O4S/c34-21-30-23-19-28-27(29-20-23)32-13-15-33(16-14-32)38(35,36)24-9-7-22(8-10-24)25-5-1-2-6-26(25)37-18-17-31-11-3-4-12-31/h1-2,5-10,19-21H,3-4,11-18H2,(H,30,34). The lowest BCUT2D eigenvalue weighted by molar-refractivity contribution is -0.105. The van der Waals surface area contributed by atoms with E-state index in [0.29, 0.717) is 50.8 Å². The third kappa shape index (κ3) is 5.95. The van der Waals surface area contributed by atoms with Crippen LogP contribution in [0.5, 0.6) is 5.75 Å². The number of amides is 1. The number of carbonyl (C=O) groups is 1. The minimum absolute atomic E-state index is 0.266. The van der Waals surface area contributed by atoms with E-state index >= 15 is 0 Å². The highest BCUT2D eigenvalue weighted by molar-refractivity contribution is 7.89. The molecule has 0 saturated carbocycles. The van der Waals surface area contributed by atoms with Gasteiger partial charge in [0.05, 0.1) is 23.0 Å². The summed E-state index contributed by atoms with van der Waals surface area (Å²) in [4.78, 5) is 23.7. The number of carbonyl (C=O) groups excluding carboxylic acids is 1. The highest BCUT2D eigenvalue weighted by atomic mass is 32.2. The van der Waals surface area contributed by atoms with Gasteiger partial charge in [-0.05, 0) is 49.7 Å². The topological polar surface area (TPSA) is 108 Å². The number of piperazine rings is 1. The SMILES string of the molecule is O=CNc1cnc(N2CCN(S(=O)(=O)c3ccc(-c4ccccc4OCCN4CCCC4)cc3)CC2)nc1. The average molecular weight is 537 g/mol. The van der Waals surface area contributed by atoms with Gasteiger partial charge < -0.3 is 15.0 Å². The first-order valence-electron chi connectivity index (χ1n) is 12.9. The van der Waals surface area contributed by atoms with E-state index in [1.54, 1.807) is 12.1 Å². The molecule has 5 rings (SSSR count). The molecule has 1 aromatic heterocycles. The van der Waals surface area contributed by atoms with Crippen molar-refractivity contribution < 1.29 is 17.9 Å². The number of nitrogens with one attached hydrogen (secondary N) is 1. The van der Waals surface area contributed by atoms with Gasteiger partial charge in [0.15, 0.2) is 0 Å². The van der Waals surface area contributed by atoms with Gasteiger partial charge in [0, 0.05) is 38.3 Å². The second-order valence-electron chi connectivity index (χ2n) is 9.34. The molecule has 2 saturated heterocycles. The summed E-state index contributed by atoms with van der Waals surface area (Å²) in [5.74, 6) is 1.31. The van der Waals surface area contributed by atoms with E-state index in [2.05, 4.69) is 20.2 Å². The Morgan fingerprint density at radius 3 is 2.26 bits per heavy atom. The minimum atomic E-state index is -3.63. The van der Waals surface area contributed by atoms with Crippen LogP contribution in [0.4, 0.5) is 11.6 Å². The van der Waals surface area contributed by atoms with E-state index in [1.165, 1.54) is 29.5 Å². The van der Waals surface area contributed by atoms with Crippen molar-refractivity contribution in [2.45, 2.75) is 17.7 Å². The van der Waals surface area contributed by atoms with E-state index in [4.69, 9.17) is 4.74 Å². The van der Waals surface area contributed by atoms with Crippen LogP contribution in [0, 0.1) is 0 Å². The second-order valence-corrected chi connectivity index (χ2v) is 11.3. The van der Waals surface area contributed by atoms with Gasteiger partial charge in [0.2, 0.25) is 22.4 Å². The molecule has 0 aliphatic carbocycles. The van der Waals surface area contributed by atoms with Gasteiger partial charge in [-0.1, -0.05) is 30.3 Å². The highest BCUT2D eigenvalue weighted by Gasteiger charge is 2.29. The summed E-state index contributed by atoms with van der Waals surface area (Å²) < 4.78 is 34.3. The lowest BCUT2D eigenvalue weighted by atomic mass is 10.1. The number of sulfonamides is 1. The predicted octanol–water partition coefficient (Wildman–Crippen LogP) is 2.70. The molecule has 0 atom stereocenters. The Kier molecular flexibility index (Phi) is 8.16. The van der Waals surface area contributed by atoms with Gasteiger partial charge in [-0.2, -0.15) is 4.31 Å². The molecule has 0 bridgehead atoms. The highest BCUT2D eigenvalue weighted by Crippen LogP contribution is 2.31. The van der Waals surface area contributed by atoms with Gasteiger partial charge in [0.1, 0.15) is 12.4 Å². The maximum absolute atomic E-state index is 13.3. The van der Waals surface area contributed by atoms with Crippen LogP contribution in [0.3, 0.4) is 0 Å². The number of rotatable bonds is 10. The number of ether oxygens (including phenoxy) is 1. The van der Waals surface area contributed by atoms with Crippen molar-refractivity contribution in [3.05, 3.63) is 60.9 Å². The van der Waals surface area contributed by atoms with Crippen LogP contribution < -0.4 is 15.0 Å². The Labute approximate surface area is 223 Å². The predicted molar refractivity (Wildman–Crippen MR) is 146 cm³/mol. The van der Waals surface area contributed by atoms with Crippen LogP contribution in [-0.2, 0) is 14.8 Å². The minimum Gasteiger partial charge on any atom is -0.492 e. The molecule has 38 heavy (non-hydrogen) atoms. The molecule has 11 heteroatoms. The molecule has 200 valence electrons. The van der Waals surface area contributed by atoms with Crippen LogP contribution >= 0.6 is 0 Å². The van der Waals surface area contributed by atoms with Gasteiger partial charge in [-0.3, -0.25) is 9.69 Å². The monoisotopic (exact) mass is 536 g/mol. The normalized spacial score (nSPS) is 16.9. The molecule has 10 nitrogen and oxygen atoms in total. The molecule has 2 fully saturated rings. The zero-order valence-electron chi connectivity index (χ0n) is 21.2. The van der Waals surface area contributed by atoms with E-state index in [9.17, 15) is 13.2 Å². The summed E-state index contributed by atoms with van der Waals surface area (Å²) in [6.45, 7) is 5.41. The third-order valence-corrected chi connectivity index (χ3v) is 8.85. The number of likely N-dealkylation sites (tertiary alicyclic amines) is 1. The Morgan fingerprint density at radius 2 is 1.58 bits per heavy atom. The molecule has 0 unspecified atom stereocenters. The van der Waals surface area contributed by atoms with E-state index in [1.807, 2.05) is 41.3 Å². The first-order valence-corrected chi connectivity index (χ1v) is 14.3. The van der Waals surface area contributed by atoms with Crippen molar-refractivity contribution in [2.24, 2.45) is 0 Å². The number of hydrogen-bond acceptors (Lipinski definition) is 8. The molecule has 2 aromatic carbocycles. The number of para-hydroxylation sites is 1. The number of hydrogen-bond donors (Lipinski definition) is 1. The smallest absolute Gasteiger partial charge is 0.243 e. The lowest BCUT2D eigenvalue weighted by Gasteiger charge is -2.34. The largest absolute Gasteiger partial charge is 0.492 e. The summed E-state index contributed by atoms with van der Waals surface area (Å²) in [6.07, 6.45) is 6.13. The maximum atomic E-state index is 13.3. The van der Waals surface area contributed by atoms with Crippen LogP contribution in [-0.4, -0.2) is 86.4 Å². The van der Waals surface area contributed by atoms with Crippen molar-refractivity contribution in [2.75, 3.05) is 62.6 Å². The van der Waals surface area contributed by atoms with Crippen LogP contribution in [0.15, 0.2) is 65.8 Å². The molecule has 0 radical (unpaired) electrons. The Morgan fingerprint density at radius 1 is 0.895 bits per heavy atom. The molecule has 2 aliphatic heterocycles. The van der Waals surface area contributed by atoms with Crippen LogP contribution in [0.2, 0.25) is 0 Å². The molecular formula is C27H32N6O4S. The van der Waals surface area contributed by atoms with Crippen molar-refractivity contribution in [3.8, 4) is 16.9 Å². The Bertz CT molecular complexity index is 1320. The lowest BCUT2D eigenvalue weighted by Crippen LogP contribution is -2.49. The van der Waals surface area contributed by atoms with Gasteiger partial charge in [-0.15, -0.1) is 0 Å². The quantitative estimate of drug-likeness (QED) is 0.394. The van der Waals surface area contributed by atoms with E-state index in [-0.39, 0.29) is 4.90 Å². The van der Waals surface area contributed by atoms with Crippen molar-refractivity contribution in [3.63, 3.8) is 0 Å². The zero-order valence-corrected chi connectivity index (χ0v) is 22.0. The van der Waals surface area contributed by atoms with E-state index in [0.717, 1.165) is 36.5 Å². The van der Waals surface area contributed by atoms with Gasteiger partial charge in [-0.25, -0.2) is 18.4 Å². The first-order chi connectivity index (χ1) is 18.5. The molecule has 3 heterocycles. The van der Waals surface area contributed by atoms with Crippen LogP contribution in [0.25, 0.3) is 11.1 Å². The number of anilines is 2. The Hall–Kier alpha value is -3.54. The summed E-state index contributed by atoms with van der Waals surface area (Å²) in [7, 11) is -3.63. The summed E-state index contributed by atoms with van der Waals surface area (Å²) >= 11 is 0. The zero-order chi connectivity index (χ0) is 26.4. The maximum Gasteiger partial charge on any atom is 0.243 e. The molecule has 2 aliphatic rings. The van der Waals surface area contributed by atoms with Crippen molar-refractivity contribution in [1.82, 2.24) is 19.2 Å². The second kappa shape index (κ2) is 11.9. The van der Waals surface area contributed by atoms with E-state index < -0.39 is 10.0 Å². The molecular weight excluding hydrogens is 504 g/mol. The van der Waals surface area contributed by atoms with Crippen LogP contribution in [0.1, 0.15) is 12.8 Å². The van der Waals surface area contributed by atoms with Crippen molar-refractivity contribution in [1.29, 1.82) is 0 Å². The number of benzene rings is 2. The fourth-order valence-electron chi connectivity index (χ4n) is 4.83. The Balaban J connectivity index is 1.21. The summed E-state index contributed by atoms with van der Waals surface area (Å²) in [5, 5.41) is 2.50. The summed E-state index contributed by atoms with van der Waals surface area (Å²) in [5.41, 5.74) is 2.36. The van der Waals surface area contributed by atoms with Crippen molar-refractivity contribution >= 4 is 28.1 Å². The third-order valence-electron chi connectivity index (χ3n) is 6.94. The molecule has 1 N–H and O–H groups in total.